The zero-order valence-electron chi connectivity index (χ0n) is 15.5. The van der Waals surface area contributed by atoms with Gasteiger partial charge in [-0.1, -0.05) is 23.4 Å². The van der Waals surface area contributed by atoms with Crippen LogP contribution in [0, 0.1) is 11.3 Å². The van der Waals surface area contributed by atoms with Crippen molar-refractivity contribution in [3.8, 4) is 11.8 Å². The summed E-state index contributed by atoms with van der Waals surface area (Å²) in [5.41, 5.74) is 4.70. The van der Waals surface area contributed by atoms with Crippen molar-refractivity contribution in [3.05, 3.63) is 63.6 Å². The fourth-order valence-electron chi connectivity index (χ4n) is 4.26. The lowest BCUT2D eigenvalue weighted by atomic mass is 9.89. The summed E-state index contributed by atoms with van der Waals surface area (Å²) in [6.07, 6.45) is -0.0901. The molecule has 3 heterocycles. The molecule has 3 unspecified atom stereocenters. The van der Waals surface area contributed by atoms with E-state index in [2.05, 4.69) is 16.2 Å². The molecule has 2 aliphatic rings. The SMILES string of the molecule is CC1=NOC(C)C1c1ccc2[nH]c(=O)n3c2c1OCC3c1ccc(C#N)cc1. The number of aromatic nitrogens is 2. The van der Waals surface area contributed by atoms with Gasteiger partial charge in [-0.15, -0.1) is 0 Å². The Kier molecular flexibility index (Phi) is 3.56. The second-order valence-corrected chi connectivity index (χ2v) is 7.26. The topological polar surface area (TPSA) is 92.4 Å². The second-order valence-electron chi connectivity index (χ2n) is 7.26. The minimum atomic E-state index is -0.260. The third kappa shape index (κ3) is 2.28. The van der Waals surface area contributed by atoms with Gasteiger partial charge in [0.25, 0.3) is 0 Å². The highest BCUT2D eigenvalue weighted by molar-refractivity contribution is 5.94. The van der Waals surface area contributed by atoms with Crippen LogP contribution in [-0.2, 0) is 4.84 Å². The van der Waals surface area contributed by atoms with Crippen LogP contribution in [0.4, 0.5) is 0 Å². The number of hydrogen-bond acceptors (Lipinski definition) is 5. The zero-order chi connectivity index (χ0) is 19.4. The molecule has 3 atom stereocenters. The van der Waals surface area contributed by atoms with E-state index in [-0.39, 0.29) is 23.8 Å². The summed E-state index contributed by atoms with van der Waals surface area (Å²) < 4.78 is 7.97. The molecule has 1 aromatic heterocycles. The van der Waals surface area contributed by atoms with Crippen molar-refractivity contribution < 1.29 is 9.57 Å². The molecule has 28 heavy (non-hydrogen) atoms. The van der Waals surface area contributed by atoms with Gasteiger partial charge < -0.3 is 14.6 Å². The molecule has 3 aromatic rings. The largest absolute Gasteiger partial charge is 0.488 e. The van der Waals surface area contributed by atoms with E-state index in [4.69, 9.17) is 14.8 Å². The molecule has 5 rings (SSSR count). The van der Waals surface area contributed by atoms with Crippen LogP contribution in [0.3, 0.4) is 0 Å². The van der Waals surface area contributed by atoms with E-state index in [1.165, 1.54) is 0 Å². The van der Waals surface area contributed by atoms with E-state index in [1.54, 1.807) is 16.7 Å². The number of hydrogen-bond donors (Lipinski definition) is 1. The van der Waals surface area contributed by atoms with E-state index in [1.807, 2.05) is 38.1 Å². The summed E-state index contributed by atoms with van der Waals surface area (Å²) in [5.74, 6) is 0.696. The number of nitriles is 1. The number of rotatable bonds is 2. The standard InChI is InChI=1S/C21H18N4O3/c1-11-18(12(2)28-24-11)15-7-8-16-19-20(15)27-10-17(25(19)21(26)23-16)14-5-3-13(9-22)4-6-14/h3-8,12,17-18H,10H2,1-2H3,(H,23,26). The molecule has 0 radical (unpaired) electrons. The van der Waals surface area contributed by atoms with Gasteiger partial charge in [0.05, 0.1) is 34.8 Å². The van der Waals surface area contributed by atoms with Crippen LogP contribution >= 0.6 is 0 Å². The molecule has 140 valence electrons. The predicted octanol–water partition coefficient (Wildman–Crippen LogP) is 3.06. The van der Waals surface area contributed by atoms with E-state index in [9.17, 15) is 4.79 Å². The highest BCUT2D eigenvalue weighted by Gasteiger charge is 2.36. The quantitative estimate of drug-likeness (QED) is 0.746. The number of nitrogens with one attached hydrogen (secondary N) is 1. The summed E-state index contributed by atoms with van der Waals surface area (Å²) in [6, 6.07) is 13.0. The zero-order valence-corrected chi connectivity index (χ0v) is 15.5. The van der Waals surface area contributed by atoms with Crippen molar-refractivity contribution in [2.45, 2.75) is 31.9 Å². The third-order valence-corrected chi connectivity index (χ3v) is 5.60. The van der Waals surface area contributed by atoms with Gasteiger partial charge in [0.2, 0.25) is 0 Å². The summed E-state index contributed by atoms with van der Waals surface area (Å²) in [6.45, 7) is 4.26. The molecule has 0 amide bonds. The Morgan fingerprint density at radius 2 is 2.04 bits per heavy atom. The lowest BCUT2D eigenvalue weighted by Gasteiger charge is -2.28. The molecule has 1 N–H and O–H groups in total. The fourth-order valence-corrected chi connectivity index (χ4v) is 4.26. The van der Waals surface area contributed by atoms with Crippen LogP contribution in [0.15, 0.2) is 46.3 Å². The highest BCUT2D eigenvalue weighted by Crippen LogP contribution is 2.42. The lowest BCUT2D eigenvalue weighted by molar-refractivity contribution is 0.0897. The average Bonchev–Trinajstić information content (AvgIpc) is 3.23. The van der Waals surface area contributed by atoms with Crippen molar-refractivity contribution in [1.82, 2.24) is 9.55 Å². The Morgan fingerprint density at radius 1 is 1.25 bits per heavy atom. The summed E-state index contributed by atoms with van der Waals surface area (Å²) in [4.78, 5) is 21.1. The normalized spacial score (nSPS) is 23.0. The van der Waals surface area contributed by atoms with Crippen LogP contribution in [0.5, 0.6) is 5.75 Å². The maximum absolute atomic E-state index is 12.8. The monoisotopic (exact) mass is 374 g/mol. The van der Waals surface area contributed by atoms with Crippen molar-refractivity contribution in [2.75, 3.05) is 6.61 Å². The van der Waals surface area contributed by atoms with Crippen molar-refractivity contribution in [2.24, 2.45) is 5.16 Å². The molecule has 0 saturated heterocycles. The van der Waals surface area contributed by atoms with Gasteiger partial charge in [0, 0.05) is 5.56 Å². The average molecular weight is 374 g/mol. The molecule has 0 bridgehead atoms. The first-order valence-electron chi connectivity index (χ1n) is 9.18. The molecule has 0 spiro atoms. The van der Waals surface area contributed by atoms with Gasteiger partial charge in [0.15, 0.2) is 0 Å². The highest BCUT2D eigenvalue weighted by atomic mass is 16.6. The molecule has 0 aliphatic carbocycles. The first-order valence-corrected chi connectivity index (χ1v) is 9.18. The number of oxime groups is 1. The van der Waals surface area contributed by atoms with Crippen LogP contribution in [0.1, 0.15) is 42.5 Å². The Bertz CT molecular complexity index is 1210. The molecule has 7 nitrogen and oxygen atoms in total. The van der Waals surface area contributed by atoms with Crippen molar-refractivity contribution in [1.29, 1.82) is 5.26 Å². The summed E-state index contributed by atoms with van der Waals surface area (Å²) >= 11 is 0. The minimum Gasteiger partial charge on any atom is -0.488 e. The maximum atomic E-state index is 12.8. The molecule has 0 fully saturated rings. The molecular formula is C21H18N4O3. The van der Waals surface area contributed by atoms with Gasteiger partial charge in [-0.25, -0.2) is 4.79 Å². The van der Waals surface area contributed by atoms with E-state index in [0.717, 1.165) is 27.9 Å². The van der Waals surface area contributed by atoms with E-state index < -0.39 is 0 Å². The lowest BCUT2D eigenvalue weighted by Crippen LogP contribution is -2.31. The Balaban J connectivity index is 1.69. The summed E-state index contributed by atoms with van der Waals surface area (Å²) in [5, 5.41) is 13.1. The number of imidazole rings is 1. The Morgan fingerprint density at radius 3 is 2.71 bits per heavy atom. The molecule has 2 aromatic carbocycles. The number of H-pyrrole nitrogens is 1. The van der Waals surface area contributed by atoms with Crippen molar-refractivity contribution >= 4 is 16.7 Å². The molecular weight excluding hydrogens is 356 g/mol. The van der Waals surface area contributed by atoms with Crippen LogP contribution in [0.2, 0.25) is 0 Å². The number of aromatic amines is 1. The van der Waals surface area contributed by atoms with Crippen LogP contribution < -0.4 is 10.4 Å². The Hall–Kier alpha value is -3.53. The smallest absolute Gasteiger partial charge is 0.327 e. The number of nitrogens with zero attached hydrogens (tertiary/aromatic N) is 3. The van der Waals surface area contributed by atoms with Gasteiger partial charge in [-0.3, -0.25) is 4.57 Å². The number of benzene rings is 2. The second kappa shape index (κ2) is 5.99. The van der Waals surface area contributed by atoms with Crippen LogP contribution in [0.25, 0.3) is 11.0 Å². The van der Waals surface area contributed by atoms with Gasteiger partial charge in [-0.2, -0.15) is 5.26 Å². The van der Waals surface area contributed by atoms with Crippen molar-refractivity contribution in [3.63, 3.8) is 0 Å². The Labute approximate surface area is 160 Å². The molecule has 7 heteroatoms. The van der Waals surface area contributed by atoms with Crippen LogP contribution in [-0.4, -0.2) is 28.0 Å². The van der Waals surface area contributed by atoms with E-state index >= 15 is 0 Å². The molecule has 2 aliphatic heterocycles. The number of ether oxygens (including phenoxy) is 1. The minimum absolute atomic E-state index is 0.00989. The summed E-state index contributed by atoms with van der Waals surface area (Å²) in [7, 11) is 0. The van der Waals surface area contributed by atoms with Gasteiger partial charge in [0.1, 0.15) is 24.0 Å². The first kappa shape index (κ1) is 16.6. The maximum Gasteiger partial charge on any atom is 0.327 e. The first-order chi connectivity index (χ1) is 13.6. The van der Waals surface area contributed by atoms with Gasteiger partial charge >= 0.3 is 5.69 Å². The predicted molar refractivity (Wildman–Crippen MR) is 104 cm³/mol. The third-order valence-electron chi connectivity index (χ3n) is 5.60. The fraction of sp³-hybridized carbons (Fsp3) is 0.286. The van der Waals surface area contributed by atoms with E-state index in [0.29, 0.717) is 17.9 Å². The molecule has 0 saturated carbocycles. The van der Waals surface area contributed by atoms with Gasteiger partial charge in [-0.05, 0) is 37.6 Å².